The fraction of sp³-hybridized carbons (Fsp3) is 0.400. The molecule has 0 aliphatic carbocycles. The first-order chi connectivity index (χ1) is 14.6. The molecule has 0 bridgehead atoms. The predicted octanol–water partition coefficient (Wildman–Crippen LogP) is 10.6. The Morgan fingerprint density at radius 3 is 1.56 bits per heavy atom. The fourth-order valence-electron chi connectivity index (χ4n) is 5.11. The van der Waals surface area contributed by atoms with Gasteiger partial charge < -0.3 is 0 Å². The van der Waals surface area contributed by atoms with E-state index in [0.29, 0.717) is 0 Å². The molecule has 0 radical (unpaired) electrons. The lowest BCUT2D eigenvalue weighted by molar-refractivity contribution is 0.501. The van der Waals surface area contributed by atoms with Gasteiger partial charge in [-0.15, -0.1) is 0 Å². The van der Waals surface area contributed by atoms with Gasteiger partial charge in [0.25, 0.3) is 0 Å². The zero-order valence-corrected chi connectivity index (χ0v) is 24.0. The van der Waals surface area contributed by atoms with Crippen molar-refractivity contribution >= 4 is 64.2 Å². The van der Waals surface area contributed by atoms with Crippen molar-refractivity contribution in [3.8, 4) is 0 Å². The van der Waals surface area contributed by atoms with Gasteiger partial charge in [-0.05, 0) is 115 Å². The van der Waals surface area contributed by atoms with E-state index in [1.807, 2.05) is 0 Å². The van der Waals surface area contributed by atoms with Crippen molar-refractivity contribution in [1.29, 1.82) is 0 Å². The minimum Gasteiger partial charge on any atom is -0.0616 e. The van der Waals surface area contributed by atoms with Gasteiger partial charge in [-0.1, -0.05) is 86.6 Å². The van der Waals surface area contributed by atoms with Crippen LogP contribution in [-0.2, 0) is 16.2 Å². The molecule has 0 fully saturated rings. The molecule has 0 heterocycles. The van der Waals surface area contributed by atoms with Crippen molar-refractivity contribution in [3.63, 3.8) is 0 Å². The van der Waals surface area contributed by atoms with Crippen LogP contribution in [0.2, 0.25) is 0 Å². The second-order valence-electron chi connectivity index (χ2n) is 12.2. The van der Waals surface area contributed by atoms with E-state index in [0.717, 1.165) is 0 Å². The number of benzene rings is 4. The third kappa shape index (κ3) is 3.82. The van der Waals surface area contributed by atoms with E-state index in [1.54, 1.807) is 0 Å². The molecule has 4 aromatic carbocycles. The lowest BCUT2D eigenvalue weighted by atomic mass is 9.67. The van der Waals surface area contributed by atoms with E-state index in [2.05, 4.69) is 137 Å². The summed E-state index contributed by atoms with van der Waals surface area (Å²) >= 11 is 8.02. The molecule has 0 amide bonds. The molecule has 4 aromatic rings. The summed E-state index contributed by atoms with van der Waals surface area (Å²) in [5.74, 6) is 0. The van der Waals surface area contributed by atoms with Crippen LogP contribution in [0.15, 0.2) is 51.4 Å². The van der Waals surface area contributed by atoms with Gasteiger partial charge in [-0.2, -0.15) is 0 Å². The average Bonchev–Trinajstić information content (AvgIpc) is 2.66. The molecule has 0 N–H and O–H groups in total. The molecular weight excluding hydrogens is 520 g/mol. The molecule has 168 valence electrons. The number of rotatable bonds is 0. The molecule has 0 aliphatic heterocycles. The summed E-state index contributed by atoms with van der Waals surface area (Å²) in [6.45, 7) is 21.2. The number of halogens is 2. The van der Waals surface area contributed by atoms with E-state index in [-0.39, 0.29) is 16.2 Å². The van der Waals surface area contributed by atoms with Crippen LogP contribution < -0.4 is 0 Å². The Kier molecular flexibility index (Phi) is 5.62. The first kappa shape index (κ1) is 23.8. The van der Waals surface area contributed by atoms with Gasteiger partial charge in [0.1, 0.15) is 0 Å². The van der Waals surface area contributed by atoms with Crippen molar-refractivity contribution in [2.45, 2.75) is 78.6 Å². The smallest absolute Gasteiger partial charge is 0.0333 e. The van der Waals surface area contributed by atoms with Crippen molar-refractivity contribution in [2.75, 3.05) is 0 Å². The Labute approximate surface area is 210 Å². The second-order valence-corrected chi connectivity index (χ2v) is 13.8. The highest BCUT2D eigenvalue weighted by atomic mass is 79.9. The first-order valence-electron chi connectivity index (χ1n) is 11.4. The van der Waals surface area contributed by atoms with Gasteiger partial charge in [0, 0.05) is 8.95 Å². The minimum absolute atomic E-state index is 0.0125. The van der Waals surface area contributed by atoms with Crippen molar-refractivity contribution in [1.82, 2.24) is 0 Å². The van der Waals surface area contributed by atoms with Crippen LogP contribution in [-0.4, -0.2) is 0 Å². The third-order valence-corrected chi connectivity index (χ3v) is 8.17. The van der Waals surface area contributed by atoms with Gasteiger partial charge in [0.05, 0.1) is 0 Å². The Morgan fingerprint density at radius 1 is 0.500 bits per heavy atom. The predicted molar refractivity (Wildman–Crippen MR) is 150 cm³/mol. The van der Waals surface area contributed by atoms with Crippen molar-refractivity contribution in [3.05, 3.63) is 68.1 Å². The quantitative estimate of drug-likeness (QED) is 0.190. The van der Waals surface area contributed by atoms with Crippen LogP contribution in [0, 0.1) is 0 Å². The van der Waals surface area contributed by atoms with Gasteiger partial charge in [-0.3, -0.25) is 0 Å². The molecule has 2 heteroatoms. The summed E-state index contributed by atoms with van der Waals surface area (Å²) < 4.78 is 2.36. The summed E-state index contributed by atoms with van der Waals surface area (Å²) in [5, 5.41) is 7.69. The van der Waals surface area contributed by atoms with E-state index < -0.39 is 0 Å². The molecule has 0 aliphatic rings. The topological polar surface area (TPSA) is 0 Å². The Hall–Kier alpha value is -1.38. The number of fused-ring (bicyclic) bond motifs is 3. The summed E-state index contributed by atoms with van der Waals surface area (Å²) in [5.41, 5.74) is 4.51. The molecule has 0 unspecified atom stereocenters. The van der Waals surface area contributed by atoms with Crippen molar-refractivity contribution < 1.29 is 0 Å². The van der Waals surface area contributed by atoms with Gasteiger partial charge >= 0.3 is 0 Å². The third-order valence-electron chi connectivity index (χ3n) is 6.46. The Balaban J connectivity index is 2.34. The molecule has 32 heavy (non-hydrogen) atoms. The second kappa shape index (κ2) is 7.57. The Morgan fingerprint density at radius 2 is 1.00 bits per heavy atom. The fourth-order valence-corrected chi connectivity index (χ4v) is 6.46. The summed E-state index contributed by atoms with van der Waals surface area (Å²) in [6.07, 6.45) is 0. The highest BCUT2D eigenvalue weighted by molar-refractivity contribution is 9.11. The van der Waals surface area contributed by atoms with Crippen LogP contribution in [0.25, 0.3) is 32.3 Å². The molecule has 0 saturated carbocycles. The molecule has 0 atom stereocenters. The maximum atomic E-state index is 4.06. The van der Waals surface area contributed by atoms with Crippen LogP contribution in [0.5, 0.6) is 0 Å². The van der Waals surface area contributed by atoms with E-state index in [4.69, 9.17) is 0 Å². The molecule has 0 saturated heterocycles. The van der Waals surface area contributed by atoms with Crippen LogP contribution >= 0.6 is 31.9 Å². The number of hydrogen-bond donors (Lipinski definition) is 0. The molecule has 0 spiro atoms. The van der Waals surface area contributed by atoms with Crippen LogP contribution in [0.1, 0.15) is 79.0 Å². The maximum Gasteiger partial charge on any atom is 0.0333 e. The normalized spacial score (nSPS) is 13.5. The lowest BCUT2D eigenvalue weighted by Crippen LogP contribution is -2.28. The Bertz CT molecular complexity index is 1370. The van der Waals surface area contributed by atoms with Crippen molar-refractivity contribution in [2.24, 2.45) is 0 Å². The zero-order valence-electron chi connectivity index (χ0n) is 20.8. The van der Waals surface area contributed by atoms with Gasteiger partial charge in [0.2, 0.25) is 0 Å². The molecular formula is C30H34Br2. The average molecular weight is 554 g/mol. The molecule has 4 rings (SSSR count). The lowest BCUT2D eigenvalue weighted by Gasteiger charge is -2.38. The van der Waals surface area contributed by atoms with Gasteiger partial charge in [0.15, 0.2) is 0 Å². The van der Waals surface area contributed by atoms with E-state index in [9.17, 15) is 0 Å². The minimum atomic E-state index is 0.0125. The summed E-state index contributed by atoms with van der Waals surface area (Å²) in [6, 6.07) is 15.8. The van der Waals surface area contributed by atoms with Crippen LogP contribution in [0.3, 0.4) is 0 Å². The zero-order chi connectivity index (χ0) is 23.8. The monoisotopic (exact) mass is 552 g/mol. The standard InChI is InChI=1S/C30H34Br2/c1-28(2,3)23-16-22-19(24(29(4,5)6)25(23)30(7,8)9)15-21-20(27(22)32)14-17-12-10-11-13-18(17)26(21)31/h10-16H,1-9H3. The maximum absolute atomic E-state index is 4.06. The SMILES string of the molecule is CC(C)(C)c1cc2c(Br)c3cc4ccccc4c(Br)c3cc2c(C(C)(C)C)c1C(C)(C)C. The van der Waals surface area contributed by atoms with Gasteiger partial charge in [-0.25, -0.2) is 0 Å². The molecule has 0 aromatic heterocycles. The summed E-state index contributed by atoms with van der Waals surface area (Å²) in [7, 11) is 0. The first-order valence-corrected chi connectivity index (χ1v) is 13.0. The summed E-state index contributed by atoms with van der Waals surface area (Å²) in [4.78, 5) is 0. The highest BCUT2D eigenvalue weighted by Crippen LogP contribution is 2.48. The van der Waals surface area contributed by atoms with E-state index in [1.165, 1.54) is 58.0 Å². The highest BCUT2D eigenvalue weighted by Gasteiger charge is 2.34. The number of hydrogen-bond acceptors (Lipinski definition) is 0. The largest absolute Gasteiger partial charge is 0.0616 e. The molecule has 0 nitrogen and oxygen atoms in total. The van der Waals surface area contributed by atoms with E-state index >= 15 is 0 Å². The van der Waals surface area contributed by atoms with Crippen LogP contribution in [0.4, 0.5) is 0 Å².